The van der Waals surface area contributed by atoms with Gasteiger partial charge in [0.1, 0.15) is 6.29 Å². The van der Waals surface area contributed by atoms with E-state index in [2.05, 4.69) is 5.73 Å². The minimum absolute atomic E-state index is 0.139. The van der Waals surface area contributed by atoms with Gasteiger partial charge in [0.2, 0.25) is 0 Å². The summed E-state index contributed by atoms with van der Waals surface area (Å²) in [6, 6.07) is 0. The number of hydrogen-bond acceptors (Lipinski definition) is 3. The summed E-state index contributed by atoms with van der Waals surface area (Å²) in [6.45, 7) is 0.139. The average Bonchev–Trinajstić information content (AvgIpc) is 1.72. The molecule has 6 heavy (non-hydrogen) atoms. The molecule has 0 amide bonds. The van der Waals surface area contributed by atoms with Crippen LogP contribution in [0.5, 0.6) is 0 Å². The Bertz CT molecular complexity index is 22.8. The number of aldehydes is 1. The molecular formula is C3H9NO2. The highest BCUT2D eigenvalue weighted by molar-refractivity contribution is 5.51. The van der Waals surface area contributed by atoms with Gasteiger partial charge in [-0.05, 0) is 0 Å². The topological polar surface area (TPSA) is 63.3 Å². The number of nitrogens with two attached hydrogens (primary N) is 1. The molecule has 0 aliphatic carbocycles. The van der Waals surface area contributed by atoms with Crippen LogP contribution in [0.1, 0.15) is 0 Å². The van der Waals surface area contributed by atoms with Crippen LogP contribution in [0.4, 0.5) is 0 Å². The molecule has 0 aromatic carbocycles. The number of hydrogen-bond donors (Lipinski definition) is 2. The number of carbonyl (C=O) groups is 1. The number of aliphatic hydroxyl groups is 1. The molecule has 0 unspecified atom stereocenters. The van der Waals surface area contributed by atoms with Crippen LogP contribution in [0.25, 0.3) is 0 Å². The van der Waals surface area contributed by atoms with Crippen LogP contribution in [-0.2, 0) is 4.79 Å². The summed E-state index contributed by atoms with van der Waals surface area (Å²) in [4.78, 5) is 9.05. The van der Waals surface area contributed by atoms with Crippen LogP contribution >= 0.6 is 0 Å². The molecule has 0 aromatic heterocycles. The van der Waals surface area contributed by atoms with Crippen molar-refractivity contribution in [1.29, 1.82) is 0 Å². The average molecular weight is 91.1 g/mol. The van der Waals surface area contributed by atoms with Crippen LogP contribution in [0.3, 0.4) is 0 Å². The second-order valence-corrected chi connectivity index (χ2v) is 0.402. The molecule has 3 heteroatoms. The molecule has 0 fully saturated rings. The van der Waals surface area contributed by atoms with Gasteiger partial charge in [0.15, 0.2) is 0 Å². The summed E-state index contributed by atoms with van der Waals surface area (Å²) in [6.07, 6.45) is 0.653. The Balaban J connectivity index is 0. The fraction of sp³-hybridized carbons (Fsp3) is 0.667. The summed E-state index contributed by atoms with van der Waals surface area (Å²) >= 11 is 0. The van der Waals surface area contributed by atoms with E-state index >= 15 is 0 Å². The zero-order valence-electron chi connectivity index (χ0n) is 3.72. The van der Waals surface area contributed by atoms with Crippen molar-refractivity contribution in [3.05, 3.63) is 0 Å². The maximum Gasteiger partial charge on any atom is 0.133 e. The summed E-state index contributed by atoms with van der Waals surface area (Å²) in [7, 11) is 1.00. The van der Waals surface area contributed by atoms with E-state index in [1.807, 2.05) is 0 Å². The fourth-order valence-electron chi connectivity index (χ4n) is 0. The van der Waals surface area contributed by atoms with Crippen LogP contribution in [0.2, 0.25) is 0 Å². The number of rotatable bonds is 1. The van der Waals surface area contributed by atoms with Crippen LogP contribution in [-0.4, -0.2) is 25.0 Å². The van der Waals surface area contributed by atoms with E-state index in [0.717, 1.165) is 7.11 Å². The molecule has 0 saturated heterocycles. The van der Waals surface area contributed by atoms with Crippen molar-refractivity contribution >= 4 is 6.29 Å². The Morgan fingerprint density at radius 3 is 2.00 bits per heavy atom. The van der Waals surface area contributed by atoms with Crippen molar-refractivity contribution in [2.45, 2.75) is 0 Å². The summed E-state index contributed by atoms with van der Waals surface area (Å²) < 4.78 is 0. The van der Waals surface area contributed by atoms with Gasteiger partial charge in [0.05, 0.1) is 0 Å². The predicted molar refractivity (Wildman–Crippen MR) is 23.3 cm³/mol. The van der Waals surface area contributed by atoms with Gasteiger partial charge >= 0.3 is 0 Å². The van der Waals surface area contributed by atoms with E-state index in [4.69, 9.17) is 9.90 Å². The zero-order valence-corrected chi connectivity index (χ0v) is 3.72. The molecule has 0 aliphatic rings. The Labute approximate surface area is 36.8 Å². The summed E-state index contributed by atoms with van der Waals surface area (Å²) in [5.41, 5.74) is 4.66. The van der Waals surface area contributed by atoms with Crippen LogP contribution < -0.4 is 5.73 Å². The maximum atomic E-state index is 9.05. The van der Waals surface area contributed by atoms with Crippen molar-refractivity contribution < 1.29 is 9.90 Å². The van der Waals surface area contributed by atoms with Gasteiger partial charge < -0.3 is 15.6 Å². The Hall–Kier alpha value is -0.410. The Morgan fingerprint density at radius 2 is 2.00 bits per heavy atom. The van der Waals surface area contributed by atoms with Gasteiger partial charge in [0, 0.05) is 13.7 Å². The predicted octanol–water partition coefficient (Wildman–Crippen LogP) is -1.25. The lowest BCUT2D eigenvalue weighted by Crippen LogP contribution is -1.97. The second-order valence-electron chi connectivity index (χ2n) is 0.402. The summed E-state index contributed by atoms with van der Waals surface area (Å²) in [5.74, 6) is 0. The van der Waals surface area contributed by atoms with E-state index in [1.165, 1.54) is 0 Å². The molecule has 0 radical (unpaired) electrons. The molecule has 0 saturated carbocycles. The van der Waals surface area contributed by atoms with Gasteiger partial charge in [-0.25, -0.2) is 0 Å². The number of aliphatic hydroxyl groups excluding tert-OH is 1. The largest absolute Gasteiger partial charge is 0.400 e. The van der Waals surface area contributed by atoms with Crippen molar-refractivity contribution in [2.24, 2.45) is 5.73 Å². The van der Waals surface area contributed by atoms with Gasteiger partial charge in [-0.15, -0.1) is 0 Å². The molecule has 3 nitrogen and oxygen atoms in total. The first-order chi connectivity index (χ1) is 2.91. The highest BCUT2D eigenvalue weighted by atomic mass is 16.2. The van der Waals surface area contributed by atoms with Crippen molar-refractivity contribution in [1.82, 2.24) is 0 Å². The quantitative estimate of drug-likeness (QED) is 0.396. The van der Waals surface area contributed by atoms with Crippen molar-refractivity contribution in [3.8, 4) is 0 Å². The van der Waals surface area contributed by atoms with E-state index in [9.17, 15) is 0 Å². The molecule has 0 atom stereocenters. The molecule has 3 N–H and O–H groups in total. The minimum atomic E-state index is 0.139. The maximum absolute atomic E-state index is 9.05. The molecular weight excluding hydrogens is 82.0 g/mol. The molecule has 0 aliphatic heterocycles. The normalized spacial score (nSPS) is 5.17. The fourth-order valence-corrected chi connectivity index (χ4v) is 0. The third kappa shape index (κ3) is 69.2. The standard InChI is InChI=1S/C2H5NO.CH4O/c3-1-2-4;1-2/h2H,1,3H2;2H,1H3. The Kier molecular flexibility index (Phi) is 35.6. The lowest BCUT2D eigenvalue weighted by atomic mass is 10.8. The molecule has 0 rings (SSSR count). The van der Waals surface area contributed by atoms with Gasteiger partial charge in [0.25, 0.3) is 0 Å². The van der Waals surface area contributed by atoms with E-state index in [1.54, 1.807) is 0 Å². The first-order valence-electron chi connectivity index (χ1n) is 1.50. The van der Waals surface area contributed by atoms with Gasteiger partial charge in [-0.2, -0.15) is 0 Å². The molecule has 0 spiro atoms. The highest BCUT2D eigenvalue weighted by Gasteiger charge is 1.51. The monoisotopic (exact) mass is 91.1 g/mol. The first kappa shape index (κ1) is 9.14. The van der Waals surface area contributed by atoms with Crippen LogP contribution in [0.15, 0.2) is 0 Å². The summed E-state index contributed by atoms with van der Waals surface area (Å²) in [5, 5.41) is 7.00. The smallest absolute Gasteiger partial charge is 0.133 e. The highest BCUT2D eigenvalue weighted by Crippen LogP contribution is 1.18. The van der Waals surface area contributed by atoms with E-state index in [0.29, 0.717) is 6.29 Å². The van der Waals surface area contributed by atoms with Crippen LogP contribution in [0, 0.1) is 0 Å². The van der Waals surface area contributed by atoms with Crippen molar-refractivity contribution in [2.75, 3.05) is 13.7 Å². The zero-order chi connectivity index (χ0) is 5.41. The van der Waals surface area contributed by atoms with Gasteiger partial charge in [-0.3, -0.25) is 0 Å². The second kappa shape index (κ2) is 23.4. The minimum Gasteiger partial charge on any atom is -0.400 e. The number of carbonyl (C=O) groups excluding carboxylic acids is 1. The van der Waals surface area contributed by atoms with E-state index in [-0.39, 0.29) is 6.54 Å². The lowest BCUT2D eigenvalue weighted by molar-refractivity contribution is -0.106. The lowest BCUT2D eigenvalue weighted by Gasteiger charge is -1.55. The molecule has 38 valence electrons. The third-order valence-electron chi connectivity index (χ3n) is 0.0962. The van der Waals surface area contributed by atoms with Gasteiger partial charge in [-0.1, -0.05) is 0 Å². The van der Waals surface area contributed by atoms with Crippen molar-refractivity contribution in [3.63, 3.8) is 0 Å². The molecule has 0 bridgehead atoms. The Morgan fingerprint density at radius 1 is 1.83 bits per heavy atom. The molecule has 0 heterocycles. The SMILES string of the molecule is CO.NCC=O. The van der Waals surface area contributed by atoms with E-state index < -0.39 is 0 Å². The third-order valence-corrected chi connectivity index (χ3v) is 0.0962. The first-order valence-corrected chi connectivity index (χ1v) is 1.50. The molecule has 0 aromatic rings.